The number of nitrogens with zero attached hydrogens (tertiary/aromatic N) is 2. The van der Waals surface area contributed by atoms with Gasteiger partial charge >= 0.3 is 5.97 Å². The zero-order valence-corrected chi connectivity index (χ0v) is 16.2. The van der Waals surface area contributed by atoms with Crippen molar-refractivity contribution in [2.75, 3.05) is 0 Å². The highest BCUT2D eigenvalue weighted by Crippen LogP contribution is 2.44. The van der Waals surface area contributed by atoms with Crippen LogP contribution in [0.2, 0.25) is 0 Å². The Bertz CT molecular complexity index is 1120. The Morgan fingerprint density at radius 1 is 1.41 bits per heavy atom. The number of carbonyl (C=O) groups is 1. The lowest BCUT2D eigenvalue weighted by molar-refractivity contribution is -0.172. The van der Waals surface area contributed by atoms with Gasteiger partial charge in [0.1, 0.15) is 12.4 Å². The molecule has 1 aromatic rings. The van der Waals surface area contributed by atoms with Gasteiger partial charge in [0.15, 0.2) is 5.60 Å². The minimum absolute atomic E-state index is 0.0742. The average Bonchev–Trinajstić information content (AvgIpc) is 2.96. The molecule has 0 saturated carbocycles. The molecule has 4 atom stereocenters. The Morgan fingerprint density at radius 3 is 2.90 bits per heavy atom. The van der Waals surface area contributed by atoms with E-state index in [1.165, 1.54) is 10.6 Å². The van der Waals surface area contributed by atoms with Gasteiger partial charge in [0, 0.05) is 17.4 Å². The van der Waals surface area contributed by atoms with Gasteiger partial charge in [-0.2, -0.15) is 0 Å². The van der Waals surface area contributed by atoms with Gasteiger partial charge in [-0.3, -0.25) is 14.4 Å². The Hall–Kier alpha value is -2.58. The van der Waals surface area contributed by atoms with Gasteiger partial charge < -0.3 is 15.6 Å². The maximum absolute atomic E-state index is 14.1. The predicted molar refractivity (Wildman–Crippen MR) is 103 cm³/mol. The van der Waals surface area contributed by atoms with Crippen LogP contribution >= 0.6 is 0 Å². The van der Waals surface area contributed by atoms with Crippen LogP contribution < -0.4 is 11.3 Å². The average molecular weight is 399 g/mol. The molecule has 0 aromatic carbocycles. The largest absolute Gasteiger partial charge is 0.458 e. The number of hydrogen-bond acceptors (Lipinski definition) is 6. The number of carbonyl (C=O) groups excluding carboxylic acids is 1. The molecule has 0 fully saturated rings. The number of fused-ring (bicyclic) bond motifs is 4. The van der Waals surface area contributed by atoms with Crippen LogP contribution in [0.5, 0.6) is 0 Å². The van der Waals surface area contributed by atoms with E-state index in [0.717, 1.165) is 5.57 Å². The maximum atomic E-state index is 14.1. The third kappa shape index (κ3) is 2.33. The minimum Gasteiger partial charge on any atom is -0.458 e. The van der Waals surface area contributed by atoms with Gasteiger partial charge in [0.2, 0.25) is 0 Å². The topological polar surface area (TPSA) is 107 Å². The van der Waals surface area contributed by atoms with Crippen molar-refractivity contribution in [2.24, 2.45) is 22.6 Å². The fraction of sp³-hybridized carbons (Fsp3) is 0.476. The van der Waals surface area contributed by atoms with Crippen molar-refractivity contribution in [3.8, 4) is 0 Å². The molecule has 0 amide bonds. The molecule has 3 aliphatic heterocycles. The summed E-state index contributed by atoms with van der Waals surface area (Å²) < 4.78 is 20.7. The van der Waals surface area contributed by atoms with Gasteiger partial charge in [-0.15, -0.1) is 0 Å². The first-order chi connectivity index (χ1) is 13.8. The Morgan fingerprint density at radius 2 is 2.17 bits per heavy atom. The van der Waals surface area contributed by atoms with E-state index in [-0.39, 0.29) is 47.4 Å². The standard InChI is InChI=1S/C21H22FN3O4/c1-3-21(28)13-6-16-17-11(5-10-4-9(2)14(22)7-15(10)24-17)18(23)25(16)19(26)12(13)8-29-20(21)27/h6-7,9,11,18,28H,3-5,8,23H2,1-2H3. The van der Waals surface area contributed by atoms with Gasteiger partial charge in [0.05, 0.1) is 28.8 Å². The number of allylic oxidation sites excluding steroid dienone is 3. The van der Waals surface area contributed by atoms with Crippen LogP contribution in [-0.2, 0) is 21.7 Å². The fourth-order valence-corrected chi connectivity index (χ4v) is 4.90. The molecule has 0 radical (unpaired) electrons. The summed E-state index contributed by atoms with van der Waals surface area (Å²) >= 11 is 0. The molecule has 8 heteroatoms. The van der Waals surface area contributed by atoms with E-state index in [9.17, 15) is 19.1 Å². The van der Waals surface area contributed by atoms with E-state index in [1.807, 2.05) is 6.92 Å². The number of halogens is 1. The van der Waals surface area contributed by atoms with E-state index < -0.39 is 17.7 Å². The molecule has 1 aliphatic carbocycles. The molecular formula is C21H22FN3O4. The van der Waals surface area contributed by atoms with Crippen molar-refractivity contribution in [2.45, 2.75) is 51.5 Å². The molecule has 4 aliphatic rings. The lowest BCUT2D eigenvalue weighted by Gasteiger charge is -2.32. The molecule has 7 nitrogen and oxygen atoms in total. The number of ether oxygens (including phenoxy) is 1. The van der Waals surface area contributed by atoms with Crippen LogP contribution in [0.3, 0.4) is 0 Å². The third-order valence-corrected chi connectivity index (χ3v) is 6.68. The lowest BCUT2D eigenvalue weighted by Crippen LogP contribution is -2.45. The van der Waals surface area contributed by atoms with Crippen molar-refractivity contribution in [3.05, 3.63) is 56.4 Å². The molecule has 0 spiro atoms. The molecule has 0 bridgehead atoms. The number of pyridine rings is 1. The molecule has 29 heavy (non-hydrogen) atoms. The summed E-state index contributed by atoms with van der Waals surface area (Å²) in [7, 11) is 0. The lowest BCUT2D eigenvalue weighted by atomic mass is 9.82. The first-order valence-electron chi connectivity index (χ1n) is 9.88. The first kappa shape index (κ1) is 18.4. The zero-order valence-electron chi connectivity index (χ0n) is 16.2. The second-order valence-corrected chi connectivity index (χ2v) is 8.31. The normalized spacial score (nSPS) is 32.6. The van der Waals surface area contributed by atoms with E-state index in [1.54, 1.807) is 13.0 Å². The quantitative estimate of drug-likeness (QED) is 0.702. The highest BCUT2D eigenvalue weighted by atomic mass is 19.1. The summed E-state index contributed by atoms with van der Waals surface area (Å²) in [6.07, 6.45) is 2.09. The van der Waals surface area contributed by atoms with Crippen LogP contribution in [0.25, 0.3) is 0 Å². The molecule has 3 N–H and O–H groups in total. The van der Waals surface area contributed by atoms with E-state index in [4.69, 9.17) is 10.5 Å². The Labute approximate surface area is 166 Å². The van der Waals surface area contributed by atoms with Gasteiger partial charge in [-0.1, -0.05) is 13.8 Å². The van der Waals surface area contributed by atoms with Crippen LogP contribution in [0.15, 0.2) is 39.0 Å². The molecule has 0 saturated heterocycles. The summed E-state index contributed by atoms with van der Waals surface area (Å²) in [4.78, 5) is 30.1. The third-order valence-electron chi connectivity index (χ3n) is 6.68. The zero-order chi connectivity index (χ0) is 20.7. The summed E-state index contributed by atoms with van der Waals surface area (Å²) in [6.45, 7) is 3.29. The van der Waals surface area contributed by atoms with Crippen molar-refractivity contribution >= 4 is 11.7 Å². The summed E-state index contributed by atoms with van der Waals surface area (Å²) in [5.74, 6) is -1.38. The summed E-state index contributed by atoms with van der Waals surface area (Å²) in [6, 6.07) is 1.64. The second kappa shape index (κ2) is 5.96. The number of nitrogens with two attached hydrogens (primary N) is 1. The van der Waals surface area contributed by atoms with Crippen molar-refractivity contribution in [1.29, 1.82) is 0 Å². The molecule has 1 aromatic heterocycles. The summed E-state index contributed by atoms with van der Waals surface area (Å²) in [5, 5.41) is 10.9. The first-order valence-corrected chi connectivity index (χ1v) is 9.88. The number of aliphatic imine (C=N–C) groups is 1. The van der Waals surface area contributed by atoms with E-state index in [0.29, 0.717) is 29.9 Å². The minimum atomic E-state index is -1.88. The second-order valence-electron chi connectivity index (χ2n) is 8.31. The maximum Gasteiger partial charge on any atom is 0.343 e. The Kier molecular flexibility index (Phi) is 3.79. The number of esters is 1. The van der Waals surface area contributed by atoms with Crippen LogP contribution in [0, 0.1) is 11.8 Å². The Balaban J connectivity index is 1.72. The van der Waals surface area contributed by atoms with Gasteiger partial charge in [0.25, 0.3) is 5.56 Å². The van der Waals surface area contributed by atoms with Crippen molar-refractivity contribution in [3.63, 3.8) is 0 Å². The van der Waals surface area contributed by atoms with Crippen LogP contribution in [-0.4, -0.2) is 21.4 Å². The molecule has 152 valence electrons. The number of aliphatic hydroxyl groups is 1. The number of cyclic esters (lactones) is 1. The highest BCUT2D eigenvalue weighted by Gasteiger charge is 2.48. The monoisotopic (exact) mass is 399 g/mol. The smallest absolute Gasteiger partial charge is 0.343 e. The van der Waals surface area contributed by atoms with Crippen molar-refractivity contribution < 1.29 is 19.0 Å². The molecule has 4 heterocycles. The van der Waals surface area contributed by atoms with Gasteiger partial charge in [-0.25, -0.2) is 9.18 Å². The van der Waals surface area contributed by atoms with E-state index in [2.05, 4.69) is 4.99 Å². The number of hydrogen-bond donors (Lipinski definition) is 2. The fourth-order valence-electron chi connectivity index (χ4n) is 4.90. The molecule has 5 rings (SSSR count). The number of aromatic nitrogens is 1. The molecule has 4 unspecified atom stereocenters. The number of rotatable bonds is 1. The highest BCUT2D eigenvalue weighted by molar-refractivity contribution is 6.05. The van der Waals surface area contributed by atoms with E-state index >= 15 is 0 Å². The van der Waals surface area contributed by atoms with Crippen molar-refractivity contribution in [1.82, 2.24) is 4.57 Å². The SMILES string of the molecule is CCC1(O)C(=O)OCc2c1cc1n(c2=O)C(N)C2CC3=C(C=C(F)C(C)C3)N=C12. The van der Waals surface area contributed by atoms with Gasteiger partial charge in [-0.05, 0) is 37.0 Å². The van der Waals surface area contributed by atoms with Crippen LogP contribution in [0.1, 0.15) is 56.1 Å². The molecular weight excluding hydrogens is 377 g/mol. The predicted octanol–water partition coefficient (Wildman–Crippen LogP) is 1.93. The summed E-state index contributed by atoms with van der Waals surface area (Å²) in [5.41, 5.74) is 7.39. The van der Waals surface area contributed by atoms with Crippen LogP contribution in [0.4, 0.5) is 4.39 Å².